The lowest BCUT2D eigenvalue weighted by Gasteiger charge is -2.38. The van der Waals surface area contributed by atoms with E-state index in [0.717, 1.165) is 47.9 Å². The van der Waals surface area contributed by atoms with Crippen molar-refractivity contribution in [1.29, 1.82) is 0 Å². The molecule has 0 radical (unpaired) electrons. The standard InChI is InChI=1S/C26H28BrF3N8O2/c1-3-18-14-19(36-9-11-37(12-10-36)24-21-22(27)33-34-23(21)31-16-32-24)17(2)20(15-18)38(40-25(39)26(28,29)30)13-8-35-6-4-5-7-35/h1,14-16H,4-13H2,2H3,(H,31,32,33,34). The topological polar surface area (TPSA) is 93.7 Å². The van der Waals surface area contributed by atoms with Crippen LogP contribution >= 0.6 is 15.9 Å². The van der Waals surface area contributed by atoms with Gasteiger partial charge in [0.15, 0.2) is 5.65 Å². The van der Waals surface area contributed by atoms with Crippen LogP contribution in [0.3, 0.4) is 0 Å². The van der Waals surface area contributed by atoms with Gasteiger partial charge in [-0.2, -0.15) is 18.3 Å². The number of alkyl halides is 3. The summed E-state index contributed by atoms with van der Waals surface area (Å²) in [4.78, 5) is 31.9. The van der Waals surface area contributed by atoms with Crippen molar-refractivity contribution in [1.82, 2.24) is 25.1 Å². The van der Waals surface area contributed by atoms with Gasteiger partial charge >= 0.3 is 12.1 Å². The smallest absolute Gasteiger partial charge is 0.368 e. The number of carbonyl (C=O) groups excluding carboxylic acids is 1. The predicted molar refractivity (Wildman–Crippen MR) is 148 cm³/mol. The largest absolute Gasteiger partial charge is 0.493 e. The number of rotatable bonds is 7. The minimum Gasteiger partial charge on any atom is -0.368 e. The Morgan fingerprint density at radius 3 is 2.52 bits per heavy atom. The molecule has 4 heterocycles. The Labute approximate surface area is 237 Å². The first-order valence-electron chi connectivity index (χ1n) is 12.9. The maximum Gasteiger partial charge on any atom is 0.493 e. The van der Waals surface area contributed by atoms with Gasteiger partial charge in [-0.25, -0.2) is 19.8 Å². The summed E-state index contributed by atoms with van der Waals surface area (Å²) in [5.74, 6) is 1.09. The zero-order valence-electron chi connectivity index (χ0n) is 21.8. The summed E-state index contributed by atoms with van der Waals surface area (Å²) < 4.78 is 40.3. The Morgan fingerprint density at radius 2 is 1.85 bits per heavy atom. The summed E-state index contributed by atoms with van der Waals surface area (Å²) in [6.07, 6.45) is 4.16. The first-order chi connectivity index (χ1) is 19.2. The number of aromatic amines is 1. The summed E-state index contributed by atoms with van der Waals surface area (Å²) in [5, 5.41) is 8.88. The average molecular weight is 621 g/mol. The summed E-state index contributed by atoms with van der Waals surface area (Å²) in [5.41, 5.74) is 2.82. The number of terminal acetylenes is 1. The van der Waals surface area contributed by atoms with Gasteiger partial charge in [0.05, 0.1) is 17.6 Å². The fourth-order valence-electron chi connectivity index (χ4n) is 5.17. The van der Waals surface area contributed by atoms with E-state index in [9.17, 15) is 18.0 Å². The fraction of sp³-hybridized carbons (Fsp3) is 0.462. The SMILES string of the molecule is C#Cc1cc(N2CCN(c3ncnc4n[nH]c(Br)c34)CC2)c(C)c(N(CCN2CCCC2)OC(=O)C(F)(F)F)c1. The van der Waals surface area contributed by atoms with E-state index in [2.05, 4.69) is 56.7 Å². The number of fused-ring (bicyclic) bond motifs is 1. The van der Waals surface area contributed by atoms with Gasteiger partial charge < -0.3 is 19.5 Å². The number of benzene rings is 1. The number of nitrogens with zero attached hydrogens (tertiary/aromatic N) is 7. The van der Waals surface area contributed by atoms with Gasteiger partial charge in [0.2, 0.25) is 0 Å². The van der Waals surface area contributed by atoms with Crippen molar-refractivity contribution in [2.24, 2.45) is 0 Å². The molecule has 0 amide bonds. The van der Waals surface area contributed by atoms with Gasteiger partial charge in [-0.05, 0) is 66.5 Å². The van der Waals surface area contributed by atoms with Crippen molar-refractivity contribution in [3.8, 4) is 12.3 Å². The maximum absolute atomic E-state index is 13.2. The molecular formula is C26H28BrF3N8O2. The molecule has 5 rings (SSSR count). The number of likely N-dealkylation sites (tertiary alicyclic amines) is 1. The third-order valence-corrected chi connectivity index (χ3v) is 7.81. The lowest BCUT2D eigenvalue weighted by atomic mass is 10.1. The number of hydrogen-bond donors (Lipinski definition) is 1. The van der Waals surface area contributed by atoms with Crippen LogP contribution in [-0.4, -0.2) is 89.6 Å². The number of carbonyl (C=O) groups is 1. The van der Waals surface area contributed by atoms with Crippen LogP contribution < -0.4 is 14.9 Å². The Morgan fingerprint density at radius 1 is 1.15 bits per heavy atom. The molecule has 2 saturated heterocycles. The number of H-pyrrole nitrogens is 1. The van der Waals surface area contributed by atoms with Crippen molar-refractivity contribution in [3.05, 3.63) is 34.2 Å². The molecule has 0 atom stereocenters. The van der Waals surface area contributed by atoms with Gasteiger partial charge in [0.1, 0.15) is 16.7 Å². The molecule has 1 aromatic carbocycles. The lowest BCUT2D eigenvalue weighted by molar-refractivity contribution is -0.201. The molecule has 212 valence electrons. The van der Waals surface area contributed by atoms with Crippen LogP contribution in [0.15, 0.2) is 23.1 Å². The molecule has 10 nitrogen and oxygen atoms in total. The molecule has 2 aromatic heterocycles. The molecule has 0 unspecified atom stereocenters. The molecule has 0 spiro atoms. The van der Waals surface area contributed by atoms with Gasteiger partial charge in [0, 0.05) is 44.0 Å². The molecule has 40 heavy (non-hydrogen) atoms. The number of anilines is 3. The van der Waals surface area contributed by atoms with Crippen molar-refractivity contribution in [2.45, 2.75) is 25.9 Å². The molecule has 2 fully saturated rings. The Balaban J connectivity index is 1.40. The highest BCUT2D eigenvalue weighted by atomic mass is 79.9. The van der Waals surface area contributed by atoms with Gasteiger partial charge in [-0.1, -0.05) is 5.92 Å². The second-order valence-electron chi connectivity index (χ2n) is 9.72. The first kappa shape index (κ1) is 28.0. The summed E-state index contributed by atoms with van der Waals surface area (Å²) in [7, 11) is 0. The van der Waals surface area contributed by atoms with E-state index in [1.165, 1.54) is 6.33 Å². The van der Waals surface area contributed by atoms with Crippen molar-refractivity contribution < 1.29 is 22.8 Å². The average Bonchev–Trinajstić information content (AvgIpc) is 3.61. The molecule has 3 aromatic rings. The highest BCUT2D eigenvalue weighted by Gasteiger charge is 2.43. The molecule has 2 aliphatic heterocycles. The third-order valence-electron chi connectivity index (χ3n) is 7.24. The lowest BCUT2D eigenvalue weighted by Crippen LogP contribution is -2.47. The highest BCUT2D eigenvalue weighted by molar-refractivity contribution is 9.10. The molecule has 0 saturated carbocycles. The Bertz CT molecular complexity index is 1430. The normalized spacial score (nSPS) is 16.4. The highest BCUT2D eigenvalue weighted by Crippen LogP contribution is 2.35. The van der Waals surface area contributed by atoms with Gasteiger partial charge in [-0.15, -0.1) is 6.42 Å². The van der Waals surface area contributed by atoms with E-state index in [1.54, 1.807) is 13.0 Å². The van der Waals surface area contributed by atoms with E-state index in [0.29, 0.717) is 59.8 Å². The summed E-state index contributed by atoms with van der Waals surface area (Å²) >= 11 is 3.48. The number of piperazine rings is 1. The number of halogens is 4. The first-order valence-corrected chi connectivity index (χ1v) is 13.7. The number of nitrogens with one attached hydrogen (secondary N) is 1. The Hall–Kier alpha value is -3.57. The molecule has 14 heteroatoms. The van der Waals surface area contributed by atoms with Crippen molar-refractivity contribution in [3.63, 3.8) is 0 Å². The van der Waals surface area contributed by atoms with Crippen LogP contribution in [-0.2, 0) is 9.63 Å². The number of aromatic nitrogens is 4. The zero-order valence-corrected chi connectivity index (χ0v) is 23.4. The van der Waals surface area contributed by atoms with Crippen molar-refractivity contribution in [2.75, 3.05) is 67.2 Å². The van der Waals surface area contributed by atoms with Crippen LogP contribution in [0.4, 0.5) is 30.4 Å². The predicted octanol–water partition coefficient (Wildman–Crippen LogP) is 3.65. The minimum absolute atomic E-state index is 0.0766. The number of hydroxylamine groups is 1. The van der Waals surface area contributed by atoms with Crippen LogP contribution in [0.1, 0.15) is 24.0 Å². The van der Waals surface area contributed by atoms with Crippen LogP contribution in [0, 0.1) is 19.3 Å². The quantitative estimate of drug-likeness (QED) is 0.314. The van der Waals surface area contributed by atoms with E-state index in [4.69, 9.17) is 11.3 Å². The van der Waals surface area contributed by atoms with E-state index < -0.39 is 12.1 Å². The minimum atomic E-state index is -5.13. The van der Waals surface area contributed by atoms with E-state index in [-0.39, 0.29) is 6.54 Å². The fourth-order valence-corrected chi connectivity index (χ4v) is 5.61. The zero-order chi connectivity index (χ0) is 28.4. The Kier molecular flexibility index (Phi) is 8.04. The number of hydrogen-bond acceptors (Lipinski definition) is 9. The van der Waals surface area contributed by atoms with Crippen LogP contribution in [0.25, 0.3) is 11.0 Å². The van der Waals surface area contributed by atoms with E-state index >= 15 is 0 Å². The second-order valence-corrected chi connectivity index (χ2v) is 10.5. The molecule has 0 aliphatic carbocycles. The monoisotopic (exact) mass is 620 g/mol. The molecule has 1 N–H and O–H groups in total. The van der Waals surface area contributed by atoms with Crippen LogP contribution in [0.5, 0.6) is 0 Å². The maximum atomic E-state index is 13.2. The van der Waals surface area contributed by atoms with Gasteiger partial charge in [0.25, 0.3) is 0 Å². The third kappa shape index (κ3) is 5.80. The summed E-state index contributed by atoms with van der Waals surface area (Å²) in [6.45, 7) is 6.50. The van der Waals surface area contributed by atoms with Crippen molar-refractivity contribution >= 4 is 50.1 Å². The molecule has 2 aliphatic rings. The second kappa shape index (κ2) is 11.5. The van der Waals surface area contributed by atoms with E-state index in [1.807, 2.05) is 6.07 Å². The van der Waals surface area contributed by atoms with Gasteiger partial charge in [-0.3, -0.25) is 5.10 Å². The van der Waals surface area contributed by atoms with Crippen LogP contribution in [0.2, 0.25) is 0 Å². The molecular weight excluding hydrogens is 593 g/mol. The molecule has 0 bridgehead atoms. The summed E-state index contributed by atoms with van der Waals surface area (Å²) in [6, 6.07) is 3.44.